The number of hydrogen-bond donors (Lipinski definition) is 1. The Hall–Kier alpha value is -1.17. The lowest BCUT2D eigenvalue weighted by molar-refractivity contribution is 0.187. The van der Waals surface area contributed by atoms with Gasteiger partial charge < -0.3 is 19.5 Å². The Morgan fingerprint density at radius 2 is 1.79 bits per heavy atom. The molecule has 5 heteroatoms. The Kier molecular flexibility index (Phi) is 6.77. The largest absolute Gasteiger partial charge is 0.389 e. The maximum absolute atomic E-state index is 14.1. The summed E-state index contributed by atoms with van der Waals surface area (Å²) in [5.74, 6) is -0.342. The molecule has 0 saturated heterocycles. The molecular weight excluding hydrogens is 249 g/mol. The summed E-state index contributed by atoms with van der Waals surface area (Å²) in [6.45, 7) is 3.68. The highest BCUT2D eigenvalue weighted by Gasteiger charge is 2.18. The average molecular weight is 271 g/mol. The molecule has 1 aromatic rings. The van der Waals surface area contributed by atoms with E-state index >= 15 is 0 Å². The van der Waals surface area contributed by atoms with Crippen LogP contribution in [-0.4, -0.2) is 45.6 Å². The van der Waals surface area contributed by atoms with E-state index in [-0.39, 0.29) is 5.82 Å². The summed E-state index contributed by atoms with van der Waals surface area (Å²) in [7, 11) is 3.21. The first kappa shape index (κ1) is 15.9. The standard InChI is InChI=1S/C14H22FNO3/c1-11(17)12-5-4-6-13(15)14(12)16(7-9-18-2)8-10-19-3/h4-6,11,17H,7-10H2,1-3H3/t11-/m1/s1. The predicted octanol–water partition coefficient (Wildman–Crippen LogP) is 1.98. The smallest absolute Gasteiger partial charge is 0.146 e. The Labute approximate surface area is 113 Å². The fourth-order valence-corrected chi connectivity index (χ4v) is 1.94. The summed E-state index contributed by atoms with van der Waals surface area (Å²) in [6, 6.07) is 4.73. The molecule has 0 saturated carbocycles. The number of benzene rings is 1. The van der Waals surface area contributed by atoms with Crippen molar-refractivity contribution in [1.82, 2.24) is 0 Å². The van der Waals surface area contributed by atoms with Gasteiger partial charge in [0.2, 0.25) is 0 Å². The van der Waals surface area contributed by atoms with Gasteiger partial charge in [-0.1, -0.05) is 12.1 Å². The molecule has 0 spiro atoms. The zero-order chi connectivity index (χ0) is 14.3. The van der Waals surface area contributed by atoms with Crippen molar-refractivity contribution >= 4 is 5.69 Å². The van der Waals surface area contributed by atoms with E-state index in [0.717, 1.165) is 0 Å². The molecule has 4 nitrogen and oxygen atoms in total. The number of methoxy groups -OCH3 is 2. The van der Waals surface area contributed by atoms with Crippen molar-refractivity contribution in [3.63, 3.8) is 0 Å². The first-order valence-corrected chi connectivity index (χ1v) is 6.31. The minimum atomic E-state index is -0.724. The normalized spacial score (nSPS) is 12.5. The fraction of sp³-hybridized carbons (Fsp3) is 0.571. The molecule has 0 aliphatic carbocycles. The number of anilines is 1. The third-order valence-corrected chi connectivity index (χ3v) is 2.91. The third kappa shape index (κ3) is 4.45. The van der Waals surface area contributed by atoms with Gasteiger partial charge in [-0.15, -0.1) is 0 Å². The molecule has 0 bridgehead atoms. The number of para-hydroxylation sites is 1. The first-order valence-electron chi connectivity index (χ1n) is 6.31. The lowest BCUT2D eigenvalue weighted by Gasteiger charge is -2.28. The Morgan fingerprint density at radius 3 is 2.26 bits per heavy atom. The molecule has 0 fully saturated rings. The van der Waals surface area contributed by atoms with Gasteiger partial charge in [-0.25, -0.2) is 4.39 Å². The molecule has 1 aromatic carbocycles. The van der Waals surface area contributed by atoms with Gasteiger partial charge in [0.15, 0.2) is 0 Å². The van der Waals surface area contributed by atoms with Crippen molar-refractivity contribution < 1.29 is 19.0 Å². The van der Waals surface area contributed by atoms with Crippen LogP contribution in [0.1, 0.15) is 18.6 Å². The topological polar surface area (TPSA) is 41.9 Å². The third-order valence-electron chi connectivity index (χ3n) is 2.91. The molecule has 0 aliphatic rings. The SMILES string of the molecule is COCCN(CCOC)c1c(F)cccc1[C@@H](C)O. The summed E-state index contributed by atoms with van der Waals surface area (Å²) in [6.07, 6.45) is -0.724. The van der Waals surface area contributed by atoms with Crippen molar-refractivity contribution in [1.29, 1.82) is 0 Å². The summed E-state index contributed by atoms with van der Waals surface area (Å²) in [5, 5.41) is 9.77. The molecule has 1 atom stereocenters. The van der Waals surface area contributed by atoms with E-state index in [1.807, 2.05) is 4.90 Å². The van der Waals surface area contributed by atoms with Gasteiger partial charge in [0.25, 0.3) is 0 Å². The molecule has 0 radical (unpaired) electrons. The number of nitrogens with zero attached hydrogens (tertiary/aromatic N) is 1. The lowest BCUT2D eigenvalue weighted by Crippen LogP contribution is -2.32. The molecule has 0 heterocycles. The highest BCUT2D eigenvalue weighted by molar-refractivity contribution is 5.55. The summed E-state index contributed by atoms with van der Waals surface area (Å²) in [4.78, 5) is 1.84. The van der Waals surface area contributed by atoms with Gasteiger partial charge >= 0.3 is 0 Å². The molecule has 1 rings (SSSR count). The number of aliphatic hydroxyl groups excluding tert-OH is 1. The van der Waals surface area contributed by atoms with Crippen molar-refractivity contribution in [2.75, 3.05) is 45.4 Å². The van der Waals surface area contributed by atoms with E-state index in [9.17, 15) is 9.50 Å². The fourth-order valence-electron chi connectivity index (χ4n) is 1.94. The van der Waals surface area contributed by atoms with E-state index in [1.165, 1.54) is 6.07 Å². The van der Waals surface area contributed by atoms with Gasteiger partial charge in [-0.2, -0.15) is 0 Å². The number of aliphatic hydroxyl groups is 1. The molecule has 0 aromatic heterocycles. The molecule has 0 amide bonds. The number of ether oxygens (including phenoxy) is 2. The van der Waals surface area contributed by atoms with Gasteiger partial charge in [0.05, 0.1) is 25.0 Å². The van der Waals surface area contributed by atoms with Crippen LogP contribution in [0.15, 0.2) is 18.2 Å². The van der Waals surface area contributed by atoms with E-state index in [1.54, 1.807) is 33.3 Å². The van der Waals surface area contributed by atoms with Crippen LogP contribution in [0, 0.1) is 5.82 Å². The molecule has 1 N–H and O–H groups in total. The number of halogens is 1. The van der Waals surface area contributed by atoms with Crippen molar-refractivity contribution in [2.24, 2.45) is 0 Å². The van der Waals surface area contributed by atoms with Gasteiger partial charge in [0.1, 0.15) is 5.82 Å². The second-order valence-electron chi connectivity index (χ2n) is 4.33. The van der Waals surface area contributed by atoms with E-state index in [4.69, 9.17) is 9.47 Å². The van der Waals surface area contributed by atoms with E-state index in [2.05, 4.69) is 0 Å². The molecule has 19 heavy (non-hydrogen) atoms. The number of hydrogen-bond acceptors (Lipinski definition) is 4. The Bertz CT molecular complexity index is 377. The zero-order valence-electron chi connectivity index (χ0n) is 11.7. The average Bonchev–Trinajstić information content (AvgIpc) is 2.39. The molecule has 108 valence electrons. The second-order valence-corrected chi connectivity index (χ2v) is 4.33. The van der Waals surface area contributed by atoms with Crippen LogP contribution in [-0.2, 0) is 9.47 Å². The first-order chi connectivity index (χ1) is 9.11. The van der Waals surface area contributed by atoms with Gasteiger partial charge in [-0.05, 0) is 13.0 Å². The summed E-state index contributed by atoms with van der Waals surface area (Å²) < 4.78 is 24.2. The van der Waals surface area contributed by atoms with E-state index in [0.29, 0.717) is 37.6 Å². The van der Waals surface area contributed by atoms with Crippen LogP contribution in [0.2, 0.25) is 0 Å². The highest BCUT2D eigenvalue weighted by Crippen LogP contribution is 2.29. The van der Waals surface area contributed by atoms with E-state index < -0.39 is 6.10 Å². The van der Waals surface area contributed by atoms with Gasteiger partial charge in [-0.3, -0.25) is 0 Å². The van der Waals surface area contributed by atoms with Crippen molar-refractivity contribution in [3.05, 3.63) is 29.6 Å². The minimum Gasteiger partial charge on any atom is -0.389 e. The lowest BCUT2D eigenvalue weighted by atomic mass is 10.1. The maximum atomic E-state index is 14.1. The van der Waals surface area contributed by atoms with Crippen LogP contribution in [0.5, 0.6) is 0 Å². The molecule has 0 aliphatic heterocycles. The van der Waals surface area contributed by atoms with Gasteiger partial charge in [0, 0.05) is 32.9 Å². The molecule has 0 unspecified atom stereocenters. The van der Waals surface area contributed by atoms with Crippen LogP contribution in [0.3, 0.4) is 0 Å². The highest BCUT2D eigenvalue weighted by atomic mass is 19.1. The van der Waals surface area contributed by atoms with Crippen molar-refractivity contribution in [2.45, 2.75) is 13.0 Å². The summed E-state index contributed by atoms with van der Waals surface area (Å²) in [5.41, 5.74) is 0.999. The van der Waals surface area contributed by atoms with Crippen molar-refractivity contribution in [3.8, 4) is 0 Å². The van der Waals surface area contributed by atoms with Crippen LogP contribution >= 0.6 is 0 Å². The van der Waals surface area contributed by atoms with Crippen LogP contribution in [0.4, 0.5) is 10.1 Å². The Morgan fingerprint density at radius 1 is 1.21 bits per heavy atom. The minimum absolute atomic E-state index is 0.342. The maximum Gasteiger partial charge on any atom is 0.146 e. The zero-order valence-corrected chi connectivity index (χ0v) is 11.7. The van der Waals surface area contributed by atoms with Crippen LogP contribution < -0.4 is 4.90 Å². The van der Waals surface area contributed by atoms with Crippen LogP contribution in [0.25, 0.3) is 0 Å². The second kappa shape index (κ2) is 8.09. The Balaban J connectivity index is 3.04. The number of rotatable bonds is 8. The summed E-state index contributed by atoms with van der Waals surface area (Å²) >= 11 is 0. The quantitative estimate of drug-likeness (QED) is 0.785. The monoisotopic (exact) mass is 271 g/mol. The predicted molar refractivity (Wildman–Crippen MR) is 73.0 cm³/mol. The molecular formula is C14H22FNO3.